The third-order valence-corrected chi connectivity index (χ3v) is 5.56. The number of aryl methyl sites for hydroxylation is 1. The van der Waals surface area contributed by atoms with Crippen molar-refractivity contribution in [3.8, 4) is 11.4 Å². The first kappa shape index (κ1) is 21.1. The highest BCUT2D eigenvalue weighted by molar-refractivity contribution is 5.99. The van der Waals surface area contributed by atoms with Crippen molar-refractivity contribution in [1.82, 2.24) is 40.8 Å². The minimum atomic E-state index is -0.487. The molecule has 0 aliphatic rings. The average Bonchev–Trinajstić information content (AvgIpc) is 3.62. The molecule has 0 radical (unpaired) electrons. The molecular weight excluding hydrogens is 432 g/mol. The Morgan fingerprint density at radius 1 is 1.03 bits per heavy atom. The van der Waals surface area contributed by atoms with E-state index in [9.17, 15) is 9.59 Å². The summed E-state index contributed by atoms with van der Waals surface area (Å²) in [4.78, 5) is 25.8. The van der Waals surface area contributed by atoms with Crippen LogP contribution in [0, 0.1) is 0 Å². The number of amides is 2. The van der Waals surface area contributed by atoms with Gasteiger partial charge >= 0.3 is 0 Å². The van der Waals surface area contributed by atoms with Gasteiger partial charge in [0.2, 0.25) is 0 Å². The molecule has 5 aromatic rings. The summed E-state index contributed by atoms with van der Waals surface area (Å²) in [6.45, 7) is 0.185. The van der Waals surface area contributed by atoms with Crippen LogP contribution in [0.1, 0.15) is 32.3 Å². The van der Waals surface area contributed by atoms with E-state index in [4.69, 9.17) is 0 Å². The maximum Gasteiger partial charge on any atom is 0.255 e. The van der Waals surface area contributed by atoms with Crippen LogP contribution >= 0.6 is 0 Å². The van der Waals surface area contributed by atoms with E-state index < -0.39 is 6.04 Å². The van der Waals surface area contributed by atoms with Crippen LogP contribution in [0.3, 0.4) is 0 Å². The first-order chi connectivity index (χ1) is 16.6. The van der Waals surface area contributed by atoms with Gasteiger partial charge in [0.05, 0.1) is 35.3 Å². The number of aromatic nitrogens is 6. The van der Waals surface area contributed by atoms with Crippen molar-refractivity contribution in [2.45, 2.75) is 6.04 Å². The molecule has 10 heteroatoms. The van der Waals surface area contributed by atoms with E-state index in [1.807, 2.05) is 42.5 Å². The average molecular weight is 454 g/mol. The van der Waals surface area contributed by atoms with Crippen LogP contribution in [0.4, 0.5) is 0 Å². The fraction of sp³-hybridized carbons (Fsp3) is 0.125. The van der Waals surface area contributed by atoms with Crippen molar-refractivity contribution in [3.05, 3.63) is 90.0 Å². The number of aromatic amines is 2. The predicted octanol–water partition coefficient (Wildman–Crippen LogP) is 2.59. The maximum absolute atomic E-state index is 13.3. The summed E-state index contributed by atoms with van der Waals surface area (Å²) >= 11 is 0. The smallest absolute Gasteiger partial charge is 0.255 e. The Balaban J connectivity index is 1.42. The monoisotopic (exact) mass is 454 g/mol. The summed E-state index contributed by atoms with van der Waals surface area (Å²) in [5.41, 5.74) is 2.78. The molecule has 0 aliphatic carbocycles. The van der Waals surface area contributed by atoms with Gasteiger partial charge in [0, 0.05) is 26.0 Å². The quantitative estimate of drug-likeness (QED) is 0.300. The van der Waals surface area contributed by atoms with Crippen molar-refractivity contribution in [2.24, 2.45) is 7.05 Å². The molecule has 34 heavy (non-hydrogen) atoms. The highest BCUT2D eigenvalue weighted by Gasteiger charge is 2.22. The summed E-state index contributed by atoms with van der Waals surface area (Å²) in [6, 6.07) is 15.3. The predicted molar refractivity (Wildman–Crippen MR) is 126 cm³/mol. The normalized spacial score (nSPS) is 11.9. The summed E-state index contributed by atoms with van der Waals surface area (Å²) in [7, 11) is 1.80. The molecule has 1 unspecified atom stereocenters. The lowest BCUT2D eigenvalue weighted by Crippen LogP contribution is -2.38. The second-order valence-corrected chi connectivity index (χ2v) is 7.86. The molecule has 0 bridgehead atoms. The Morgan fingerprint density at radius 2 is 1.88 bits per heavy atom. The first-order valence-electron chi connectivity index (χ1n) is 10.7. The van der Waals surface area contributed by atoms with Crippen LogP contribution in [0.2, 0.25) is 0 Å². The van der Waals surface area contributed by atoms with Crippen molar-refractivity contribution in [1.29, 1.82) is 0 Å². The lowest BCUT2D eigenvalue weighted by molar-refractivity contribution is 0.0909. The topological polar surface area (TPSA) is 133 Å². The van der Waals surface area contributed by atoms with Gasteiger partial charge in [-0.05, 0) is 28.5 Å². The Hall–Kier alpha value is -4.73. The van der Waals surface area contributed by atoms with Gasteiger partial charge in [0.25, 0.3) is 11.8 Å². The molecule has 2 amide bonds. The Morgan fingerprint density at radius 3 is 2.65 bits per heavy atom. The number of carbonyl (C=O) groups is 2. The molecule has 4 N–H and O–H groups in total. The third kappa shape index (κ3) is 4.29. The van der Waals surface area contributed by atoms with Gasteiger partial charge in [-0.1, -0.05) is 36.4 Å². The van der Waals surface area contributed by atoms with Crippen molar-refractivity contribution in [3.63, 3.8) is 0 Å². The van der Waals surface area contributed by atoms with Gasteiger partial charge in [-0.2, -0.15) is 15.3 Å². The van der Waals surface area contributed by atoms with Crippen molar-refractivity contribution < 1.29 is 9.59 Å². The van der Waals surface area contributed by atoms with Crippen molar-refractivity contribution in [2.75, 3.05) is 6.54 Å². The Bertz CT molecular complexity index is 1450. The molecule has 1 atom stereocenters. The van der Waals surface area contributed by atoms with Gasteiger partial charge in [0.15, 0.2) is 0 Å². The molecule has 0 aliphatic heterocycles. The van der Waals surface area contributed by atoms with E-state index in [2.05, 4.69) is 36.1 Å². The number of nitrogens with zero attached hydrogens (tertiary/aromatic N) is 4. The molecule has 10 nitrogen and oxygen atoms in total. The van der Waals surface area contributed by atoms with E-state index >= 15 is 0 Å². The summed E-state index contributed by atoms with van der Waals surface area (Å²) in [6.07, 6.45) is 6.23. The van der Waals surface area contributed by atoms with E-state index in [0.717, 1.165) is 16.3 Å². The second-order valence-electron chi connectivity index (χ2n) is 7.86. The summed E-state index contributed by atoms with van der Waals surface area (Å²) in [5, 5.41) is 25.7. The molecular formula is C24H22N8O2. The Kier molecular flexibility index (Phi) is 5.61. The molecule has 0 fully saturated rings. The largest absolute Gasteiger partial charge is 0.350 e. The van der Waals surface area contributed by atoms with E-state index in [-0.39, 0.29) is 18.4 Å². The third-order valence-electron chi connectivity index (χ3n) is 5.56. The standard InChI is InChI=1S/C24H22N8O2/c1-32-9-8-20(31-32)22-19(13-28-30-22)24(34)29-21(14-25-23(33)18-11-26-27-12-18)17-7-6-15-4-2-3-5-16(15)10-17/h2-13,21H,14H2,1H3,(H,25,33)(H,26,27)(H,28,30)(H,29,34). The number of carbonyl (C=O) groups excluding carboxylic acids is 2. The van der Waals surface area contributed by atoms with Gasteiger partial charge < -0.3 is 10.6 Å². The van der Waals surface area contributed by atoms with Gasteiger partial charge in [-0.3, -0.25) is 24.5 Å². The maximum atomic E-state index is 13.3. The fourth-order valence-electron chi connectivity index (χ4n) is 3.79. The number of rotatable bonds is 7. The van der Waals surface area contributed by atoms with E-state index in [1.165, 1.54) is 18.6 Å². The van der Waals surface area contributed by atoms with Crippen LogP contribution < -0.4 is 10.6 Å². The number of nitrogens with one attached hydrogen (secondary N) is 4. The number of hydrogen-bond donors (Lipinski definition) is 4. The molecule has 170 valence electrons. The molecule has 3 aromatic heterocycles. The molecule has 2 aromatic carbocycles. The van der Waals surface area contributed by atoms with Crippen LogP contribution in [-0.4, -0.2) is 48.5 Å². The molecule has 0 saturated heterocycles. The minimum Gasteiger partial charge on any atom is -0.350 e. The number of benzene rings is 2. The molecule has 0 spiro atoms. The van der Waals surface area contributed by atoms with Crippen LogP contribution in [-0.2, 0) is 7.05 Å². The van der Waals surface area contributed by atoms with Crippen molar-refractivity contribution >= 4 is 22.6 Å². The number of fused-ring (bicyclic) bond motifs is 1. The Labute approximate surface area is 194 Å². The van der Waals surface area contributed by atoms with E-state index in [0.29, 0.717) is 22.5 Å². The van der Waals surface area contributed by atoms with Crippen LogP contribution in [0.15, 0.2) is 73.3 Å². The zero-order chi connectivity index (χ0) is 23.5. The SMILES string of the molecule is Cn1ccc(-c2[nH]ncc2C(=O)NC(CNC(=O)c2cn[nH]c2)c2ccc3ccccc3c2)n1. The second kappa shape index (κ2) is 9.02. The fourth-order valence-corrected chi connectivity index (χ4v) is 3.79. The zero-order valence-corrected chi connectivity index (χ0v) is 18.3. The van der Waals surface area contributed by atoms with Crippen LogP contribution in [0.25, 0.3) is 22.2 Å². The lowest BCUT2D eigenvalue weighted by Gasteiger charge is -2.20. The van der Waals surface area contributed by atoms with Gasteiger partial charge in [0.1, 0.15) is 5.69 Å². The zero-order valence-electron chi connectivity index (χ0n) is 18.3. The first-order valence-corrected chi connectivity index (χ1v) is 10.7. The van der Waals surface area contributed by atoms with Gasteiger partial charge in [-0.15, -0.1) is 0 Å². The summed E-state index contributed by atoms with van der Waals surface area (Å²) in [5.74, 6) is -0.614. The van der Waals surface area contributed by atoms with Crippen LogP contribution in [0.5, 0.6) is 0 Å². The highest BCUT2D eigenvalue weighted by atomic mass is 16.2. The molecule has 0 saturated carbocycles. The van der Waals surface area contributed by atoms with Gasteiger partial charge in [-0.25, -0.2) is 0 Å². The highest BCUT2D eigenvalue weighted by Crippen LogP contribution is 2.23. The summed E-state index contributed by atoms with van der Waals surface area (Å²) < 4.78 is 1.65. The molecule has 3 heterocycles. The molecule has 5 rings (SSSR count). The minimum absolute atomic E-state index is 0.185. The lowest BCUT2D eigenvalue weighted by atomic mass is 10.0. The number of hydrogen-bond acceptors (Lipinski definition) is 5. The number of H-pyrrole nitrogens is 2. The van der Waals surface area contributed by atoms with E-state index in [1.54, 1.807) is 24.0 Å².